The van der Waals surface area contributed by atoms with E-state index < -0.39 is 0 Å². The quantitative estimate of drug-likeness (QED) is 0.884. The number of allylic oxidation sites excluding steroid dienone is 5. The van der Waals surface area contributed by atoms with Crippen molar-refractivity contribution in [3.8, 4) is 11.5 Å². The van der Waals surface area contributed by atoms with E-state index >= 15 is 0 Å². The number of hydrogen-bond acceptors (Lipinski definition) is 3. The van der Waals surface area contributed by atoms with Crippen LogP contribution in [0, 0.1) is 0 Å². The summed E-state index contributed by atoms with van der Waals surface area (Å²) < 4.78 is 5.89. The van der Waals surface area contributed by atoms with E-state index in [2.05, 4.69) is 11.1 Å². The van der Waals surface area contributed by atoms with Gasteiger partial charge in [0.05, 0.1) is 5.52 Å². The maximum atomic E-state index is 9.47. The number of nitrogens with zero attached hydrogens (tertiary/aromatic N) is 1. The predicted octanol–water partition coefficient (Wildman–Crippen LogP) is 3.72. The normalized spacial score (nSPS) is 14.2. The number of fused-ring (bicyclic) bond motifs is 1. The van der Waals surface area contributed by atoms with E-state index in [4.69, 9.17) is 4.74 Å². The molecule has 1 aromatic heterocycles. The van der Waals surface area contributed by atoms with Crippen LogP contribution in [0.15, 0.2) is 66.6 Å². The standard InChI is InChI=1S/C16H13NO2/c18-12-7-8-14-15(11-12)17-10-9-16(14)19-13-5-3-1-2-4-6-13/h1,3-11,18H,2H2. The molecule has 1 aliphatic rings. The topological polar surface area (TPSA) is 42.4 Å². The van der Waals surface area contributed by atoms with Crippen LogP contribution in [0.1, 0.15) is 6.42 Å². The summed E-state index contributed by atoms with van der Waals surface area (Å²) in [6.07, 6.45) is 12.6. The highest BCUT2D eigenvalue weighted by atomic mass is 16.5. The summed E-state index contributed by atoms with van der Waals surface area (Å²) >= 11 is 0. The minimum absolute atomic E-state index is 0.202. The Morgan fingerprint density at radius 1 is 1.16 bits per heavy atom. The average Bonchev–Trinajstić information content (AvgIpc) is 2.67. The van der Waals surface area contributed by atoms with Gasteiger partial charge in [0.1, 0.15) is 17.3 Å². The molecule has 0 unspecified atom stereocenters. The van der Waals surface area contributed by atoms with Crippen molar-refractivity contribution < 1.29 is 9.84 Å². The number of benzene rings is 1. The Kier molecular flexibility index (Phi) is 3.02. The number of ether oxygens (including phenoxy) is 1. The molecule has 1 aromatic carbocycles. The lowest BCUT2D eigenvalue weighted by atomic mass is 10.2. The molecule has 0 radical (unpaired) electrons. The van der Waals surface area contributed by atoms with Gasteiger partial charge in [0.2, 0.25) is 0 Å². The molecule has 19 heavy (non-hydrogen) atoms. The molecular formula is C16H13NO2. The molecule has 0 spiro atoms. The highest BCUT2D eigenvalue weighted by molar-refractivity contribution is 5.86. The van der Waals surface area contributed by atoms with Crippen molar-refractivity contribution >= 4 is 10.9 Å². The zero-order valence-electron chi connectivity index (χ0n) is 10.3. The highest BCUT2D eigenvalue weighted by Gasteiger charge is 2.05. The van der Waals surface area contributed by atoms with Crippen LogP contribution in [0.2, 0.25) is 0 Å². The third-order valence-corrected chi connectivity index (χ3v) is 2.86. The van der Waals surface area contributed by atoms with Gasteiger partial charge in [-0.2, -0.15) is 0 Å². The van der Waals surface area contributed by atoms with E-state index in [-0.39, 0.29) is 5.75 Å². The molecule has 3 nitrogen and oxygen atoms in total. The first-order valence-electron chi connectivity index (χ1n) is 6.12. The van der Waals surface area contributed by atoms with Crippen LogP contribution in [-0.2, 0) is 0 Å². The van der Waals surface area contributed by atoms with Crippen LogP contribution >= 0.6 is 0 Å². The van der Waals surface area contributed by atoms with E-state index in [1.165, 1.54) is 0 Å². The molecule has 94 valence electrons. The summed E-state index contributed by atoms with van der Waals surface area (Å²) in [6.45, 7) is 0. The molecule has 0 fully saturated rings. The molecule has 0 saturated carbocycles. The Morgan fingerprint density at radius 3 is 3.05 bits per heavy atom. The van der Waals surface area contributed by atoms with Gasteiger partial charge in [0.15, 0.2) is 0 Å². The van der Waals surface area contributed by atoms with Crippen LogP contribution in [-0.4, -0.2) is 10.1 Å². The first kappa shape index (κ1) is 11.5. The van der Waals surface area contributed by atoms with Gasteiger partial charge in [-0.15, -0.1) is 0 Å². The molecule has 3 heteroatoms. The fourth-order valence-corrected chi connectivity index (χ4v) is 1.95. The van der Waals surface area contributed by atoms with Crippen molar-refractivity contribution in [2.75, 3.05) is 0 Å². The summed E-state index contributed by atoms with van der Waals surface area (Å²) in [7, 11) is 0. The van der Waals surface area contributed by atoms with Crippen molar-refractivity contribution in [3.05, 3.63) is 66.6 Å². The van der Waals surface area contributed by atoms with Crippen molar-refractivity contribution in [2.45, 2.75) is 6.42 Å². The average molecular weight is 251 g/mol. The molecule has 1 heterocycles. The lowest BCUT2D eigenvalue weighted by molar-refractivity contribution is 0.449. The predicted molar refractivity (Wildman–Crippen MR) is 75.0 cm³/mol. The molecule has 1 N–H and O–H groups in total. The van der Waals surface area contributed by atoms with Crippen LogP contribution in [0.25, 0.3) is 10.9 Å². The van der Waals surface area contributed by atoms with Crippen molar-refractivity contribution in [1.82, 2.24) is 4.98 Å². The number of phenols is 1. The Labute approximate surface area is 111 Å². The third kappa shape index (κ3) is 2.50. The molecule has 0 atom stereocenters. The maximum Gasteiger partial charge on any atom is 0.138 e. The summed E-state index contributed by atoms with van der Waals surface area (Å²) in [6, 6.07) is 6.89. The van der Waals surface area contributed by atoms with Gasteiger partial charge in [0, 0.05) is 17.6 Å². The molecule has 2 aromatic rings. The van der Waals surface area contributed by atoms with E-state index in [0.717, 1.165) is 23.3 Å². The lowest BCUT2D eigenvalue weighted by Gasteiger charge is -2.09. The zero-order chi connectivity index (χ0) is 13.1. The van der Waals surface area contributed by atoms with Gasteiger partial charge in [-0.3, -0.25) is 4.98 Å². The highest BCUT2D eigenvalue weighted by Crippen LogP contribution is 2.28. The van der Waals surface area contributed by atoms with Crippen LogP contribution < -0.4 is 4.74 Å². The van der Waals surface area contributed by atoms with Gasteiger partial charge in [-0.1, -0.05) is 18.2 Å². The Morgan fingerprint density at radius 2 is 2.11 bits per heavy atom. The summed E-state index contributed by atoms with van der Waals surface area (Å²) in [5.74, 6) is 1.72. The van der Waals surface area contributed by atoms with Crippen LogP contribution in [0.5, 0.6) is 11.5 Å². The first-order chi connectivity index (χ1) is 9.33. The number of pyridine rings is 1. The summed E-state index contributed by atoms with van der Waals surface area (Å²) in [5, 5.41) is 10.3. The number of aromatic nitrogens is 1. The monoisotopic (exact) mass is 251 g/mol. The molecule has 0 bridgehead atoms. The van der Waals surface area contributed by atoms with E-state index in [1.54, 1.807) is 18.3 Å². The molecular weight excluding hydrogens is 238 g/mol. The van der Waals surface area contributed by atoms with Gasteiger partial charge in [-0.25, -0.2) is 0 Å². The van der Waals surface area contributed by atoms with Crippen molar-refractivity contribution in [2.24, 2.45) is 0 Å². The van der Waals surface area contributed by atoms with Gasteiger partial charge < -0.3 is 9.84 Å². The third-order valence-electron chi connectivity index (χ3n) is 2.86. The number of rotatable bonds is 2. The second-order valence-corrected chi connectivity index (χ2v) is 4.25. The number of aromatic hydroxyl groups is 1. The number of hydrogen-bond donors (Lipinski definition) is 1. The van der Waals surface area contributed by atoms with Crippen LogP contribution in [0.4, 0.5) is 0 Å². The smallest absolute Gasteiger partial charge is 0.138 e. The van der Waals surface area contributed by atoms with Gasteiger partial charge in [0.25, 0.3) is 0 Å². The van der Waals surface area contributed by atoms with Crippen molar-refractivity contribution in [1.29, 1.82) is 0 Å². The fraction of sp³-hybridized carbons (Fsp3) is 0.0625. The fourth-order valence-electron chi connectivity index (χ4n) is 1.95. The van der Waals surface area contributed by atoms with Gasteiger partial charge >= 0.3 is 0 Å². The number of phenolic OH excluding ortho intramolecular Hbond substituents is 1. The SMILES string of the molecule is Oc1ccc2c(OC3=CC=CCC=C3)ccnc2c1. The largest absolute Gasteiger partial charge is 0.508 e. The second kappa shape index (κ2) is 4.98. The van der Waals surface area contributed by atoms with Gasteiger partial charge in [-0.05, 0) is 36.8 Å². The Hall–Kier alpha value is -2.55. The molecule has 3 rings (SSSR count). The summed E-state index contributed by atoms with van der Waals surface area (Å²) in [4.78, 5) is 4.22. The van der Waals surface area contributed by atoms with E-state index in [1.807, 2.05) is 36.4 Å². The zero-order valence-corrected chi connectivity index (χ0v) is 10.3. The maximum absolute atomic E-state index is 9.47. The molecule has 0 amide bonds. The Bertz CT molecular complexity index is 699. The molecule has 0 aliphatic heterocycles. The first-order valence-corrected chi connectivity index (χ1v) is 6.12. The minimum Gasteiger partial charge on any atom is -0.508 e. The van der Waals surface area contributed by atoms with Crippen LogP contribution in [0.3, 0.4) is 0 Å². The minimum atomic E-state index is 0.202. The summed E-state index contributed by atoms with van der Waals surface area (Å²) in [5.41, 5.74) is 0.714. The lowest BCUT2D eigenvalue weighted by Crippen LogP contribution is -1.93. The Balaban J connectivity index is 2.01. The molecule has 0 saturated heterocycles. The van der Waals surface area contributed by atoms with Crippen molar-refractivity contribution in [3.63, 3.8) is 0 Å². The second-order valence-electron chi connectivity index (χ2n) is 4.25. The molecule has 1 aliphatic carbocycles. The van der Waals surface area contributed by atoms with E-state index in [0.29, 0.717) is 5.52 Å². The van der Waals surface area contributed by atoms with E-state index in [9.17, 15) is 5.11 Å².